The summed E-state index contributed by atoms with van der Waals surface area (Å²) in [6.07, 6.45) is 1.99. The van der Waals surface area contributed by atoms with Crippen molar-refractivity contribution in [3.63, 3.8) is 0 Å². The number of hydrogen-bond acceptors (Lipinski definition) is 4. The van der Waals surface area contributed by atoms with Crippen LogP contribution in [-0.2, 0) is 4.79 Å². The Kier molecular flexibility index (Phi) is 4.50. The van der Waals surface area contributed by atoms with Crippen molar-refractivity contribution < 1.29 is 18.7 Å². The Morgan fingerprint density at radius 2 is 1.89 bits per heavy atom. The summed E-state index contributed by atoms with van der Waals surface area (Å²) >= 11 is 0. The van der Waals surface area contributed by atoms with Crippen molar-refractivity contribution in [2.45, 2.75) is 19.3 Å². The Balaban J connectivity index is 1.84. The van der Waals surface area contributed by atoms with Crippen molar-refractivity contribution in [2.75, 3.05) is 19.5 Å². The fourth-order valence-corrected chi connectivity index (χ4v) is 3.63. The van der Waals surface area contributed by atoms with Crippen LogP contribution in [0.3, 0.4) is 0 Å². The van der Waals surface area contributed by atoms with E-state index in [1.165, 1.54) is 12.1 Å². The minimum Gasteiger partial charge on any atom is -0.496 e. The van der Waals surface area contributed by atoms with Gasteiger partial charge < -0.3 is 14.8 Å². The molecule has 1 atom stereocenters. The van der Waals surface area contributed by atoms with E-state index in [-0.39, 0.29) is 24.1 Å². The molecule has 0 spiro atoms. The lowest BCUT2D eigenvalue weighted by Gasteiger charge is -2.25. The van der Waals surface area contributed by atoms with E-state index in [1.807, 2.05) is 19.1 Å². The van der Waals surface area contributed by atoms with E-state index >= 15 is 0 Å². The third-order valence-electron chi connectivity index (χ3n) is 5.05. The number of hydrogen-bond donors (Lipinski definition) is 1. The molecule has 0 saturated heterocycles. The molecule has 144 valence electrons. The van der Waals surface area contributed by atoms with Gasteiger partial charge in [0.05, 0.1) is 26.1 Å². The van der Waals surface area contributed by atoms with Gasteiger partial charge in [-0.05, 0) is 42.8 Å². The number of halogens is 1. The van der Waals surface area contributed by atoms with Crippen molar-refractivity contribution in [3.8, 4) is 17.2 Å². The molecular weight excluding hydrogens is 361 g/mol. The summed E-state index contributed by atoms with van der Waals surface area (Å²) in [6, 6.07) is 9.93. The summed E-state index contributed by atoms with van der Waals surface area (Å²) < 4.78 is 26.2. The Bertz CT molecular complexity index is 1040. The van der Waals surface area contributed by atoms with Crippen LogP contribution in [0.25, 0.3) is 5.69 Å². The monoisotopic (exact) mass is 381 g/mol. The van der Waals surface area contributed by atoms with Crippen molar-refractivity contribution in [1.29, 1.82) is 0 Å². The van der Waals surface area contributed by atoms with Crippen LogP contribution in [0, 0.1) is 12.7 Å². The van der Waals surface area contributed by atoms with Gasteiger partial charge in [-0.15, -0.1) is 0 Å². The van der Waals surface area contributed by atoms with Crippen molar-refractivity contribution >= 4 is 11.7 Å². The van der Waals surface area contributed by atoms with Crippen LogP contribution in [0.2, 0.25) is 0 Å². The van der Waals surface area contributed by atoms with Crippen molar-refractivity contribution in [2.24, 2.45) is 0 Å². The van der Waals surface area contributed by atoms with Gasteiger partial charge in [-0.3, -0.25) is 4.79 Å². The quantitative estimate of drug-likeness (QED) is 0.746. The molecule has 1 aliphatic heterocycles. The fourth-order valence-electron chi connectivity index (χ4n) is 3.63. The van der Waals surface area contributed by atoms with Crippen LogP contribution in [0.1, 0.15) is 29.0 Å². The topological polar surface area (TPSA) is 65.4 Å². The summed E-state index contributed by atoms with van der Waals surface area (Å²) in [6.45, 7) is 1.92. The van der Waals surface area contributed by atoms with Crippen molar-refractivity contribution in [1.82, 2.24) is 9.78 Å². The summed E-state index contributed by atoms with van der Waals surface area (Å²) in [4.78, 5) is 12.4. The second-order valence-corrected chi connectivity index (χ2v) is 6.70. The van der Waals surface area contributed by atoms with Gasteiger partial charge in [0.15, 0.2) is 0 Å². The largest absolute Gasteiger partial charge is 0.496 e. The Hall–Kier alpha value is -3.35. The number of fused-ring (bicyclic) bond motifs is 1. The van der Waals surface area contributed by atoms with Gasteiger partial charge in [0.1, 0.15) is 23.1 Å². The molecule has 6 nitrogen and oxygen atoms in total. The van der Waals surface area contributed by atoms with Gasteiger partial charge in [0.2, 0.25) is 5.91 Å². The lowest BCUT2D eigenvalue weighted by Crippen LogP contribution is -2.24. The molecule has 7 heteroatoms. The molecule has 1 unspecified atom stereocenters. The van der Waals surface area contributed by atoms with E-state index in [0.717, 1.165) is 16.7 Å². The van der Waals surface area contributed by atoms with E-state index in [0.29, 0.717) is 23.0 Å². The highest BCUT2D eigenvalue weighted by Crippen LogP contribution is 2.41. The zero-order chi connectivity index (χ0) is 19.8. The van der Waals surface area contributed by atoms with E-state index in [1.54, 1.807) is 37.2 Å². The third-order valence-corrected chi connectivity index (χ3v) is 5.05. The first-order chi connectivity index (χ1) is 13.5. The summed E-state index contributed by atoms with van der Waals surface area (Å²) in [5.74, 6) is 1.22. The highest BCUT2D eigenvalue weighted by atomic mass is 19.1. The van der Waals surface area contributed by atoms with Crippen LogP contribution < -0.4 is 14.8 Å². The molecule has 1 N–H and O–H groups in total. The first-order valence-electron chi connectivity index (χ1n) is 8.88. The average molecular weight is 381 g/mol. The maximum absolute atomic E-state index is 13.7. The van der Waals surface area contributed by atoms with Gasteiger partial charge in [0.25, 0.3) is 0 Å². The molecule has 1 aliphatic rings. The molecule has 1 aromatic heterocycles. The third kappa shape index (κ3) is 2.98. The highest BCUT2D eigenvalue weighted by molar-refractivity contribution is 5.94. The number of carbonyl (C=O) groups is 1. The van der Waals surface area contributed by atoms with Gasteiger partial charge >= 0.3 is 0 Å². The minimum atomic E-state index is -0.367. The number of nitrogens with one attached hydrogen (secondary N) is 1. The number of carbonyl (C=O) groups excluding carboxylic acids is 1. The lowest BCUT2D eigenvalue weighted by atomic mass is 9.86. The summed E-state index contributed by atoms with van der Waals surface area (Å²) in [5.41, 5.74) is 3.19. The predicted octanol–water partition coefficient (Wildman–Crippen LogP) is 3.81. The van der Waals surface area contributed by atoms with E-state index in [4.69, 9.17) is 9.47 Å². The number of methoxy groups -OCH3 is 2. The zero-order valence-electron chi connectivity index (χ0n) is 15.8. The molecule has 0 bridgehead atoms. The molecule has 1 amide bonds. The van der Waals surface area contributed by atoms with Gasteiger partial charge in [-0.2, -0.15) is 5.10 Å². The number of ether oxygens (including phenoxy) is 2. The van der Waals surface area contributed by atoms with Crippen LogP contribution in [-0.4, -0.2) is 29.9 Å². The van der Waals surface area contributed by atoms with Gasteiger partial charge in [-0.25, -0.2) is 9.07 Å². The Labute approximate surface area is 161 Å². The second kappa shape index (κ2) is 6.99. The predicted molar refractivity (Wildman–Crippen MR) is 103 cm³/mol. The number of aromatic nitrogens is 2. The number of amides is 1. The second-order valence-electron chi connectivity index (χ2n) is 6.70. The highest BCUT2D eigenvalue weighted by Gasteiger charge is 2.31. The normalized spacial score (nSPS) is 15.7. The molecule has 0 aliphatic carbocycles. The van der Waals surface area contributed by atoms with Crippen LogP contribution in [0.15, 0.2) is 42.6 Å². The smallest absolute Gasteiger partial charge is 0.226 e. The Morgan fingerprint density at radius 1 is 1.18 bits per heavy atom. The summed E-state index contributed by atoms with van der Waals surface area (Å²) in [7, 11) is 3.21. The maximum atomic E-state index is 13.7. The van der Waals surface area contributed by atoms with Crippen LogP contribution in [0.4, 0.5) is 10.2 Å². The molecule has 4 rings (SSSR count). The number of nitrogens with zero attached hydrogens (tertiary/aromatic N) is 2. The van der Waals surface area contributed by atoms with E-state index in [2.05, 4.69) is 10.4 Å². The van der Waals surface area contributed by atoms with E-state index in [9.17, 15) is 9.18 Å². The molecule has 3 aromatic rings. The average Bonchev–Trinajstić information content (AvgIpc) is 3.11. The summed E-state index contributed by atoms with van der Waals surface area (Å²) in [5, 5.41) is 7.27. The minimum absolute atomic E-state index is 0.130. The SMILES string of the molecule is COc1cc(C2CC(=O)Nc3c2cnn3-c2cccc(F)c2)cc(OC)c1C. The molecule has 0 saturated carbocycles. The first-order valence-corrected chi connectivity index (χ1v) is 8.88. The van der Waals surface area contributed by atoms with Crippen LogP contribution in [0.5, 0.6) is 11.5 Å². The standard InChI is InChI=1S/C21H20FN3O3/c1-12-18(27-2)7-13(8-19(12)28-3)16-10-20(26)24-21-17(16)11-23-25(21)15-6-4-5-14(22)9-15/h4-9,11,16H,10H2,1-3H3,(H,24,26). The van der Waals surface area contributed by atoms with E-state index < -0.39 is 0 Å². The zero-order valence-corrected chi connectivity index (χ0v) is 15.8. The Morgan fingerprint density at radius 3 is 2.54 bits per heavy atom. The lowest BCUT2D eigenvalue weighted by molar-refractivity contribution is -0.116. The maximum Gasteiger partial charge on any atom is 0.226 e. The molecule has 28 heavy (non-hydrogen) atoms. The van der Waals surface area contributed by atoms with Crippen molar-refractivity contribution in [3.05, 3.63) is 65.1 Å². The number of rotatable bonds is 4. The molecule has 0 radical (unpaired) electrons. The molecule has 0 fully saturated rings. The molecule has 2 heterocycles. The van der Waals surface area contributed by atoms with Gasteiger partial charge in [-0.1, -0.05) is 6.07 Å². The van der Waals surface area contributed by atoms with Gasteiger partial charge in [0, 0.05) is 23.5 Å². The molecular formula is C21H20FN3O3. The first kappa shape index (κ1) is 18.0. The fraction of sp³-hybridized carbons (Fsp3) is 0.238. The number of benzene rings is 2. The van der Waals surface area contributed by atoms with Crippen LogP contribution >= 0.6 is 0 Å². The molecule has 2 aromatic carbocycles. The number of anilines is 1.